The summed E-state index contributed by atoms with van der Waals surface area (Å²) in [7, 11) is -2.04. The first-order valence-corrected chi connectivity index (χ1v) is 11.3. The van der Waals surface area contributed by atoms with Gasteiger partial charge in [0.25, 0.3) is 0 Å². The maximum Gasteiger partial charge on any atom is 0.243 e. The molecule has 6 nitrogen and oxygen atoms in total. The third-order valence-electron chi connectivity index (χ3n) is 5.66. The van der Waals surface area contributed by atoms with Crippen molar-refractivity contribution < 1.29 is 17.9 Å². The van der Waals surface area contributed by atoms with E-state index in [1.807, 2.05) is 11.8 Å². The number of hydrogen-bond donors (Lipinski definition) is 0. The highest BCUT2D eigenvalue weighted by Gasteiger charge is 2.35. The average Bonchev–Trinajstić information content (AvgIpc) is 2.97. The molecule has 1 aromatic rings. The Bertz CT molecular complexity index is 770. The number of carbonyl (C=O) groups is 1. The molecule has 0 N–H and O–H groups in total. The molecule has 2 saturated heterocycles. The highest BCUT2D eigenvalue weighted by Crippen LogP contribution is 2.28. The lowest BCUT2D eigenvalue weighted by molar-refractivity contribution is -0.136. The quantitative estimate of drug-likeness (QED) is 0.788. The Kier molecular flexibility index (Phi) is 6.42. The van der Waals surface area contributed by atoms with Crippen LogP contribution in [-0.4, -0.2) is 56.8 Å². The molecule has 0 radical (unpaired) electrons. The van der Waals surface area contributed by atoms with Crippen LogP contribution in [0.4, 0.5) is 0 Å². The molecule has 0 spiro atoms. The second kappa shape index (κ2) is 8.61. The second-order valence-electron chi connectivity index (χ2n) is 7.57. The van der Waals surface area contributed by atoms with Crippen LogP contribution in [-0.2, 0) is 14.8 Å². The van der Waals surface area contributed by atoms with E-state index in [-0.39, 0.29) is 23.3 Å². The molecule has 3 rings (SSSR count). The van der Waals surface area contributed by atoms with Gasteiger partial charge >= 0.3 is 0 Å². The van der Waals surface area contributed by atoms with E-state index in [9.17, 15) is 13.2 Å². The highest BCUT2D eigenvalue weighted by atomic mass is 32.2. The summed E-state index contributed by atoms with van der Waals surface area (Å²) < 4.78 is 32.9. The molecular formula is C20H30N2O4S. The molecule has 0 aliphatic carbocycles. The number of likely N-dealkylation sites (tertiary alicyclic amines) is 1. The summed E-state index contributed by atoms with van der Waals surface area (Å²) in [6.45, 7) is 4.19. The summed E-state index contributed by atoms with van der Waals surface area (Å²) in [6.07, 6.45) is 5.93. The van der Waals surface area contributed by atoms with Crippen LogP contribution in [0.5, 0.6) is 5.75 Å². The molecule has 1 atom stereocenters. The highest BCUT2D eigenvalue weighted by molar-refractivity contribution is 7.89. The molecule has 7 heteroatoms. The first-order valence-electron chi connectivity index (χ1n) is 9.87. The lowest BCUT2D eigenvalue weighted by Gasteiger charge is -2.34. The van der Waals surface area contributed by atoms with Crippen molar-refractivity contribution in [3.63, 3.8) is 0 Å². The fourth-order valence-corrected chi connectivity index (χ4v) is 5.68. The first kappa shape index (κ1) is 20.1. The van der Waals surface area contributed by atoms with Gasteiger partial charge in [0.1, 0.15) is 5.75 Å². The lowest BCUT2D eigenvalue weighted by Crippen LogP contribution is -2.47. The van der Waals surface area contributed by atoms with Crippen molar-refractivity contribution >= 4 is 15.9 Å². The maximum absolute atomic E-state index is 13.1. The Morgan fingerprint density at radius 3 is 2.41 bits per heavy atom. The van der Waals surface area contributed by atoms with Gasteiger partial charge in [-0.2, -0.15) is 4.31 Å². The largest absolute Gasteiger partial charge is 0.496 e. The van der Waals surface area contributed by atoms with Crippen molar-refractivity contribution in [2.24, 2.45) is 5.92 Å². The zero-order chi connectivity index (χ0) is 19.4. The number of sulfonamides is 1. The van der Waals surface area contributed by atoms with Gasteiger partial charge in [0.15, 0.2) is 0 Å². The molecule has 1 aromatic carbocycles. The summed E-state index contributed by atoms with van der Waals surface area (Å²) in [5.74, 6) is 0.565. The van der Waals surface area contributed by atoms with Gasteiger partial charge in [0, 0.05) is 26.2 Å². The number of hydrogen-bond acceptors (Lipinski definition) is 4. The molecule has 150 valence electrons. The van der Waals surface area contributed by atoms with Gasteiger partial charge < -0.3 is 9.64 Å². The van der Waals surface area contributed by atoms with Crippen LogP contribution in [0.2, 0.25) is 0 Å². The number of methoxy groups -OCH3 is 1. The Hall–Kier alpha value is -1.60. The van der Waals surface area contributed by atoms with Crippen molar-refractivity contribution in [2.45, 2.75) is 50.3 Å². The van der Waals surface area contributed by atoms with Gasteiger partial charge in [-0.25, -0.2) is 8.42 Å². The molecule has 1 amide bonds. The molecule has 2 aliphatic heterocycles. The van der Waals surface area contributed by atoms with E-state index in [1.54, 1.807) is 25.3 Å². The van der Waals surface area contributed by atoms with Gasteiger partial charge in [-0.1, -0.05) is 12.8 Å². The fraction of sp³-hybridized carbons (Fsp3) is 0.650. The number of piperidine rings is 1. The van der Waals surface area contributed by atoms with Crippen LogP contribution in [0, 0.1) is 12.8 Å². The predicted molar refractivity (Wildman–Crippen MR) is 104 cm³/mol. The van der Waals surface area contributed by atoms with Crippen LogP contribution in [0.25, 0.3) is 0 Å². The minimum absolute atomic E-state index is 0.128. The molecule has 0 aromatic heterocycles. The Labute approximate surface area is 162 Å². The second-order valence-corrected chi connectivity index (χ2v) is 9.51. The summed E-state index contributed by atoms with van der Waals surface area (Å²) in [5.41, 5.74) is 0.785. The summed E-state index contributed by atoms with van der Waals surface area (Å²) >= 11 is 0. The van der Waals surface area contributed by atoms with E-state index in [1.165, 1.54) is 17.1 Å². The van der Waals surface area contributed by atoms with Gasteiger partial charge in [-0.05, 0) is 56.4 Å². The smallest absolute Gasteiger partial charge is 0.243 e. The van der Waals surface area contributed by atoms with E-state index in [0.717, 1.165) is 44.3 Å². The van der Waals surface area contributed by atoms with Gasteiger partial charge in [-0.3, -0.25) is 4.79 Å². The molecule has 0 bridgehead atoms. The molecule has 0 saturated carbocycles. The van der Waals surface area contributed by atoms with Crippen molar-refractivity contribution in [1.82, 2.24) is 9.21 Å². The van der Waals surface area contributed by atoms with Crippen molar-refractivity contribution in [2.75, 3.05) is 33.3 Å². The normalized spacial score (nSPS) is 22.3. The fourth-order valence-electron chi connectivity index (χ4n) is 4.07. The van der Waals surface area contributed by atoms with E-state index in [0.29, 0.717) is 12.3 Å². The first-order chi connectivity index (χ1) is 12.9. The Morgan fingerprint density at radius 2 is 1.78 bits per heavy atom. The molecule has 2 aliphatic rings. The number of amides is 1. The van der Waals surface area contributed by atoms with E-state index >= 15 is 0 Å². The topological polar surface area (TPSA) is 66.9 Å². The van der Waals surface area contributed by atoms with Crippen molar-refractivity contribution in [3.8, 4) is 5.75 Å². The summed E-state index contributed by atoms with van der Waals surface area (Å²) in [5, 5.41) is 0. The summed E-state index contributed by atoms with van der Waals surface area (Å²) in [6, 6.07) is 4.92. The van der Waals surface area contributed by atoms with Crippen LogP contribution in [0.3, 0.4) is 0 Å². The number of rotatable bonds is 4. The Balaban J connectivity index is 1.74. The minimum Gasteiger partial charge on any atom is -0.496 e. The predicted octanol–water partition coefficient (Wildman–Crippen LogP) is 2.81. The van der Waals surface area contributed by atoms with Gasteiger partial charge in [-0.15, -0.1) is 0 Å². The average molecular weight is 395 g/mol. The Morgan fingerprint density at radius 1 is 1.07 bits per heavy atom. The van der Waals surface area contributed by atoms with Gasteiger partial charge in [0.2, 0.25) is 15.9 Å². The van der Waals surface area contributed by atoms with Crippen LogP contribution in [0.15, 0.2) is 23.1 Å². The van der Waals surface area contributed by atoms with Gasteiger partial charge in [0.05, 0.1) is 17.9 Å². The zero-order valence-corrected chi connectivity index (χ0v) is 17.1. The third kappa shape index (κ3) is 4.46. The number of ether oxygens (including phenoxy) is 1. The maximum atomic E-state index is 13.1. The molecule has 27 heavy (non-hydrogen) atoms. The molecule has 1 unspecified atom stereocenters. The molecule has 2 heterocycles. The number of nitrogens with zero attached hydrogens (tertiary/aromatic N) is 2. The molecule has 2 fully saturated rings. The van der Waals surface area contributed by atoms with Crippen molar-refractivity contribution in [1.29, 1.82) is 0 Å². The lowest BCUT2D eigenvalue weighted by atomic mass is 9.98. The van der Waals surface area contributed by atoms with Crippen LogP contribution >= 0.6 is 0 Å². The van der Waals surface area contributed by atoms with Crippen LogP contribution < -0.4 is 4.74 Å². The number of benzene rings is 1. The minimum atomic E-state index is -3.61. The van der Waals surface area contributed by atoms with Crippen molar-refractivity contribution in [3.05, 3.63) is 23.8 Å². The third-order valence-corrected chi connectivity index (χ3v) is 7.52. The van der Waals surface area contributed by atoms with E-state index in [2.05, 4.69) is 0 Å². The number of carbonyl (C=O) groups excluding carboxylic acids is 1. The summed E-state index contributed by atoms with van der Waals surface area (Å²) in [4.78, 5) is 15.2. The standard InChI is InChI=1S/C20H30N2O4S/c1-16-14-18(9-10-19(16)26-2)27(24,25)22-13-7-8-17(15-22)20(23)21-11-5-3-4-6-12-21/h9-10,14,17H,3-8,11-13,15H2,1-2H3. The zero-order valence-electron chi connectivity index (χ0n) is 16.3. The van der Waals surface area contributed by atoms with E-state index < -0.39 is 10.0 Å². The number of aryl methyl sites for hydroxylation is 1. The van der Waals surface area contributed by atoms with E-state index in [4.69, 9.17) is 4.74 Å². The monoisotopic (exact) mass is 394 g/mol. The molecular weight excluding hydrogens is 364 g/mol. The SMILES string of the molecule is COc1ccc(S(=O)(=O)N2CCCC(C(=O)N3CCCCCC3)C2)cc1C. The van der Waals surface area contributed by atoms with Crippen LogP contribution in [0.1, 0.15) is 44.1 Å².